The first-order valence-corrected chi connectivity index (χ1v) is 6.67. The van der Waals surface area contributed by atoms with Gasteiger partial charge in [0.2, 0.25) is 0 Å². The van der Waals surface area contributed by atoms with Crippen molar-refractivity contribution in [2.24, 2.45) is 0 Å². The van der Waals surface area contributed by atoms with E-state index in [0.717, 1.165) is 12.2 Å². The van der Waals surface area contributed by atoms with Crippen LogP contribution in [-0.4, -0.2) is 29.9 Å². The molecule has 1 N–H and O–H groups in total. The smallest absolute Gasteiger partial charge is 0.259 e. The molecule has 0 unspecified atom stereocenters. The zero-order chi connectivity index (χ0) is 15.4. The molecule has 6 nitrogen and oxygen atoms in total. The Morgan fingerprint density at radius 3 is 2.67 bits per heavy atom. The predicted octanol–water partition coefficient (Wildman–Crippen LogP) is 2.48. The van der Waals surface area contributed by atoms with Gasteiger partial charge in [-0.3, -0.25) is 9.48 Å². The number of hydrogen-bond acceptors (Lipinski definition) is 4. The number of amides is 1. The highest BCUT2D eigenvalue weighted by molar-refractivity contribution is 6.06. The first kappa shape index (κ1) is 14.9. The normalized spacial score (nSPS) is 10.3. The molecule has 0 bridgehead atoms. The van der Waals surface area contributed by atoms with E-state index in [2.05, 4.69) is 10.4 Å². The molecular formula is C15H19N3O3. The molecule has 1 aromatic heterocycles. The van der Waals surface area contributed by atoms with E-state index in [1.54, 1.807) is 24.4 Å². The van der Waals surface area contributed by atoms with Crippen LogP contribution in [0.5, 0.6) is 11.5 Å². The first-order valence-electron chi connectivity index (χ1n) is 6.67. The number of aryl methyl sites for hydroxylation is 1. The number of benzene rings is 1. The maximum absolute atomic E-state index is 12.4. The summed E-state index contributed by atoms with van der Waals surface area (Å²) in [6.07, 6.45) is 1.64. The molecule has 0 saturated heterocycles. The van der Waals surface area contributed by atoms with Gasteiger partial charge in [-0.1, -0.05) is 6.07 Å². The van der Waals surface area contributed by atoms with Gasteiger partial charge in [0.1, 0.15) is 0 Å². The first-order chi connectivity index (χ1) is 10.1. The molecule has 2 aromatic rings. The van der Waals surface area contributed by atoms with E-state index in [0.29, 0.717) is 22.7 Å². The van der Waals surface area contributed by atoms with Crippen LogP contribution in [0.15, 0.2) is 24.4 Å². The zero-order valence-electron chi connectivity index (χ0n) is 12.6. The molecule has 0 spiro atoms. The Balaban J connectivity index is 2.30. The van der Waals surface area contributed by atoms with E-state index >= 15 is 0 Å². The molecule has 0 saturated carbocycles. The van der Waals surface area contributed by atoms with Crippen LogP contribution in [0, 0.1) is 6.92 Å². The minimum atomic E-state index is -0.260. The van der Waals surface area contributed by atoms with Gasteiger partial charge in [0.05, 0.1) is 37.4 Å². The summed E-state index contributed by atoms with van der Waals surface area (Å²) in [4.78, 5) is 12.4. The molecule has 0 atom stereocenters. The van der Waals surface area contributed by atoms with Gasteiger partial charge in [0.25, 0.3) is 5.91 Å². The minimum Gasteiger partial charge on any atom is -0.493 e. The van der Waals surface area contributed by atoms with Crippen molar-refractivity contribution in [1.82, 2.24) is 9.78 Å². The van der Waals surface area contributed by atoms with Gasteiger partial charge in [0.15, 0.2) is 11.5 Å². The summed E-state index contributed by atoms with van der Waals surface area (Å²) in [5.41, 5.74) is 2.01. The monoisotopic (exact) mass is 289 g/mol. The number of hydrogen-bond donors (Lipinski definition) is 1. The Hall–Kier alpha value is -2.50. The summed E-state index contributed by atoms with van der Waals surface area (Å²) >= 11 is 0. The molecule has 1 amide bonds. The third-order valence-electron chi connectivity index (χ3n) is 3.30. The summed E-state index contributed by atoms with van der Waals surface area (Å²) in [5.74, 6) is 0.675. The summed E-state index contributed by atoms with van der Waals surface area (Å²) in [6.45, 7) is 4.66. The lowest BCUT2D eigenvalue weighted by Crippen LogP contribution is -2.14. The van der Waals surface area contributed by atoms with Crippen LogP contribution in [0.2, 0.25) is 0 Å². The van der Waals surface area contributed by atoms with Gasteiger partial charge in [-0.05, 0) is 26.0 Å². The van der Waals surface area contributed by atoms with Gasteiger partial charge >= 0.3 is 0 Å². The van der Waals surface area contributed by atoms with Crippen LogP contribution in [-0.2, 0) is 6.54 Å². The zero-order valence-corrected chi connectivity index (χ0v) is 12.6. The number of rotatable bonds is 5. The number of aromatic nitrogens is 2. The Bertz CT molecular complexity index is 650. The van der Waals surface area contributed by atoms with Crippen molar-refractivity contribution in [3.8, 4) is 11.5 Å². The maximum atomic E-state index is 12.4. The van der Waals surface area contributed by atoms with Crippen LogP contribution in [0.3, 0.4) is 0 Å². The third kappa shape index (κ3) is 2.84. The van der Waals surface area contributed by atoms with E-state index < -0.39 is 0 Å². The fourth-order valence-electron chi connectivity index (χ4n) is 2.14. The molecule has 2 rings (SSSR count). The molecule has 0 aliphatic carbocycles. The maximum Gasteiger partial charge on any atom is 0.259 e. The fourth-order valence-corrected chi connectivity index (χ4v) is 2.14. The largest absolute Gasteiger partial charge is 0.493 e. The highest BCUT2D eigenvalue weighted by atomic mass is 16.5. The Morgan fingerprint density at radius 1 is 1.33 bits per heavy atom. The number of nitrogens with zero attached hydrogens (tertiary/aromatic N) is 2. The number of anilines is 1. The second-order valence-electron chi connectivity index (χ2n) is 4.45. The number of carbonyl (C=O) groups excluding carboxylic acids is 1. The van der Waals surface area contributed by atoms with Crippen molar-refractivity contribution in [1.29, 1.82) is 0 Å². The number of para-hydroxylation sites is 1. The second kappa shape index (κ2) is 6.30. The molecule has 1 heterocycles. The average molecular weight is 289 g/mol. The fraction of sp³-hybridized carbons (Fsp3) is 0.333. The van der Waals surface area contributed by atoms with E-state index in [1.165, 1.54) is 14.2 Å². The van der Waals surface area contributed by atoms with Gasteiger partial charge in [-0.15, -0.1) is 0 Å². The van der Waals surface area contributed by atoms with E-state index in [9.17, 15) is 4.79 Å². The molecule has 112 valence electrons. The van der Waals surface area contributed by atoms with E-state index in [1.807, 2.05) is 18.5 Å². The molecule has 0 aliphatic rings. The molecule has 0 aliphatic heterocycles. The highest BCUT2D eigenvalue weighted by Gasteiger charge is 2.18. The molecule has 6 heteroatoms. The Morgan fingerprint density at radius 2 is 2.10 bits per heavy atom. The van der Waals surface area contributed by atoms with Crippen LogP contribution in [0.4, 0.5) is 5.69 Å². The highest BCUT2D eigenvalue weighted by Crippen LogP contribution is 2.31. The Kier molecular flexibility index (Phi) is 4.47. The quantitative estimate of drug-likeness (QED) is 0.918. The standard InChI is InChI=1S/C15H19N3O3/c1-5-18-10(2)12(9-16-18)17-15(19)11-7-6-8-13(20-3)14(11)21-4/h6-9H,5H2,1-4H3,(H,17,19). The SMILES string of the molecule is CCn1ncc(NC(=O)c2cccc(OC)c2OC)c1C. The number of carbonyl (C=O) groups is 1. The van der Waals surface area contributed by atoms with Gasteiger partial charge < -0.3 is 14.8 Å². The summed E-state index contributed by atoms with van der Waals surface area (Å²) in [6, 6.07) is 5.19. The van der Waals surface area contributed by atoms with Crippen molar-refractivity contribution in [3.05, 3.63) is 35.7 Å². The number of nitrogens with one attached hydrogen (secondary N) is 1. The lowest BCUT2D eigenvalue weighted by atomic mass is 10.1. The lowest BCUT2D eigenvalue weighted by Gasteiger charge is -2.12. The second-order valence-corrected chi connectivity index (χ2v) is 4.45. The van der Waals surface area contributed by atoms with Crippen LogP contribution >= 0.6 is 0 Å². The number of methoxy groups -OCH3 is 2. The minimum absolute atomic E-state index is 0.260. The Labute approximate surface area is 123 Å². The predicted molar refractivity (Wildman–Crippen MR) is 80.1 cm³/mol. The molecule has 21 heavy (non-hydrogen) atoms. The third-order valence-corrected chi connectivity index (χ3v) is 3.30. The van der Waals surface area contributed by atoms with Crippen molar-refractivity contribution in [2.45, 2.75) is 20.4 Å². The topological polar surface area (TPSA) is 65.4 Å². The lowest BCUT2D eigenvalue weighted by molar-refractivity contribution is 0.102. The van der Waals surface area contributed by atoms with Crippen molar-refractivity contribution in [2.75, 3.05) is 19.5 Å². The van der Waals surface area contributed by atoms with Crippen LogP contribution < -0.4 is 14.8 Å². The summed E-state index contributed by atoms with van der Waals surface area (Å²) in [7, 11) is 3.05. The summed E-state index contributed by atoms with van der Waals surface area (Å²) < 4.78 is 12.3. The van der Waals surface area contributed by atoms with Gasteiger partial charge in [-0.2, -0.15) is 5.10 Å². The molecule has 0 fully saturated rings. The van der Waals surface area contributed by atoms with E-state index in [-0.39, 0.29) is 5.91 Å². The average Bonchev–Trinajstić information content (AvgIpc) is 2.86. The van der Waals surface area contributed by atoms with Gasteiger partial charge in [0, 0.05) is 6.54 Å². The molecular weight excluding hydrogens is 270 g/mol. The van der Waals surface area contributed by atoms with Crippen molar-refractivity contribution < 1.29 is 14.3 Å². The van der Waals surface area contributed by atoms with Crippen LogP contribution in [0.25, 0.3) is 0 Å². The number of ether oxygens (including phenoxy) is 2. The van der Waals surface area contributed by atoms with Gasteiger partial charge in [-0.25, -0.2) is 0 Å². The summed E-state index contributed by atoms with van der Waals surface area (Å²) in [5, 5.41) is 7.05. The van der Waals surface area contributed by atoms with Crippen molar-refractivity contribution in [3.63, 3.8) is 0 Å². The van der Waals surface area contributed by atoms with E-state index in [4.69, 9.17) is 9.47 Å². The van der Waals surface area contributed by atoms with Crippen LogP contribution in [0.1, 0.15) is 23.0 Å². The van der Waals surface area contributed by atoms with Crippen molar-refractivity contribution >= 4 is 11.6 Å². The molecule has 1 aromatic carbocycles. The molecule has 0 radical (unpaired) electrons.